The Morgan fingerprint density at radius 3 is 2.57 bits per heavy atom. The molecule has 1 saturated carbocycles. The monoisotopic (exact) mass is 315 g/mol. The fourth-order valence-corrected chi connectivity index (χ4v) is 3.47. The molecule has 3 rings (SSSR count). The van der Waals surface area contributed by atoms with Crippen LogP contribution >= 0.6 is 0 Å². The van der Waals surface area contributed by atoms with E-state index in [1.165, 1.54) is 19.4 Å². The summed E-state index contributed by atoms with van der Waals surface area (Å²) < 4.78 is 6.95. The highest BCUT2D eigenvalue weighted by atomic mass is 16.5. The maximum Gasteiger partial charge on any atom is 0.308 e. The Bertz CT molecular complexity index is 769. The number of rotatable bonds is 2. The van der Waals surface area contributed by atoms with Crippen molar-refractivity contribution in [2.24, 2.45) is 5.92 Å². The minimum absolute atomic E-state index is 0.0111. The summed E-state index contributed by atoms with van der Waals surface area (Å²) in [6.07, 6.45) is 5.14. The molecule has 0 bridgehead atoms. The number of carbonyl (C=O) groups excluding carboxylic acids is 2. The molecule has 23 heavy (non-hydrogen) atoms. The van der Waals surface area contributed by atoms with Crippen LogP contribution in [0.4, 0.5) is 0 Å². The number of nitrogens with zero attached hydrogens (tertiary/aromatic N) is 1. The second-order valence-electron chi connectivity index (χ2n) is 6.22. The fraction of sp³-hybridized carbons (Fsp3) is 0.444. The van der Waals surface area contributed by atoms with Crippen molar-refractivity contribution in [3.63, 3.8) is 0 Å². The molecule has 0 saturated heterocycles. The van der Waals surface area contributed by atoms with Gasteiger partial charge in [-0.1, -0.05) is 19.3 Å². The molecular weight excluding hydrogens is 294 g/mol. The van der Waals surface area contributed by atoms with Gasteiger partial charge in [-0.15, -0.1) is 0 Å². The van der Waals surface area contributed by atoms with Gasteiger partial charge in [-0.3, -0.25) is 14.2 Å². The van der Waals surface area contributed by atoms with Gasteiger partial charge in [-0.25, -0.2) is 0 Å². The molecule has 0 amide bonds. The molecule has 1 N–H and O–H groups in total. The summed E-state index contributed by atoms with van der Waals surface area (Å²) in [5, 5.41) is 10.3. The summed E-state index contributed by atoms with van der Waals surface area (Å²) in [4.78, 5) is 24.4. The molecule has 0 aliphatic heterocycles. The van der Waals surface area contributed by atoms with Crippen LogP contribution in [-0.2, 0) is 4.79 Å². The number of benzene rings is 1. The lowest BCUT2D eigenvalue weighted by Gasteiger charge is -2.21. The van der Waals surface area contributed by atoms with E-state index in [0.717, 1.165) is 25.7 Å². The molecule has 1 aliphatic carbocycles. The molecular formula is C18H21NO4. The van der Waals surface area contributed by atoms with E-state index in [1.807, 2.05) is 0 Å². The number of fused-ring (bicyclic) bond motifs is 1. The number of carbonyl (C=O) groups is 2. The summed E-state index contributed by atoms with van der Waals surface area (Å²) in [6, 6.07) is 4.78. The van der Waals surface area contributed by atoms with Gasteiger partial charge in [0, 0.05) is 18.2 Å². The Hall–Kier alpha value is -2.30. The smallest absolute Gasteiger partial charge is 0.308 e. The average molecular weight is 315 g/mol. The molecule has 5 nitrogen and oxygen atoms in total. The van der Waals surface area contributed by atoms with Crippen molar-refractivity contribution in [2.45, 2.75) is 46.0 Å². The second kappa shape index (κ2) is 6.07. The van der Waals surface area contributed by atoms with E-state index in [9.17, 15) is 14.7 Å². The Kier molecular flexibility index (Phi) is 4.11. The Balaban J connectivity index is 2.14. The second-order valence-corrected chi connectivity index (χ2v) is 6.22. The summed E-state index contributed by atoms with van der Waals surface area (Å²) in [6.45, 7) is 3.10. The maximum absolute atomic E-state index is 13.0. The van der Waals surface area contributed by atoms with E-state index in [1.54, 1.807) is 23.6 Å². The summed E-state index contributed by atoms with van der Waals surface area (Å²) >= 11 is 0. The quantitative estimate of drug-likeness (QED) is 0.856. The van der Waals surface area contributed by atoms with E-state index < -0.39 is 5.97 Å². The molecule has 0 spiro atoms. The number of aromatic hydroxyl groups is 1. The van der Waals surface area contributed by atoms with Crippen molar-refractivity contribution in [2.75, 3.05) is 0 Å². The zero-order chi connectivity index (χ0) is 16.6. The van der Waals surface area contributed by atoms with Crippen LogP contribution in [0.5, 0.6) is 11.5 Å². The van der Waals surface area contributed by atoms with Crippen LogP contribution in [0, 0.1) is 12.8 Å². The van der Waals surface area contributed by atoms with Gasteiger partial charge in [0.1, 0.15) is 5.75 Å². The lowest BCUT2D eigenvalue weighted by atomic mass is 9.88. The molecule has 1 fully saturated rings. The number of aromatic nitrogens is 1. The first kappa shape index (κ1) is 15.6. The summed E-state index contributed by atoms with van der Waals surface area (Å²) in [5.74, 6) is 0.0506. The van der Waals surface area contributed by atoms with Gasteiger partial charge in [0.2, 0.25) is 5.91 Å². The van der Waals surface area contributed by atoms with Crippen molar-refractivity contribution < 1.29 is 19.4 Å². The van der Waals surface area contributed by atoms with Crippen molar-refractivity contribution in [3.8, 4) is 11.5 Å². The van der Waals surface area contributed by atoms with Crippen molar-refractivity contribution in [1.82, 2.24) is 4.57 Å². The average Bonchev–Trinajstić information content (AvgIpc) is 2.79. The van der Waals surface area contributed by atoms with Crippen LogP contribution in [0.25, 0.3) is 10.9 Å². The highest BCUT2D eigenvalue weighted by Gasteiger charge is 2.27. The fourth-order valence-electron chi connectivity index (χ4n) is 3.47. The van der Waals surface area contributed by atoms with Gasteiger partial charge in [-0.2, -0.15) is 0 Å². The molecule has 1 heterocycles. The van der Waals surface area contributed by atoms with Crippen LogP contribution in [0.2, 0.25) is 0 Å². The predicted octanol–water partition coefficient (Wildman–Crippen LogP) is 3.80. The topological polar surface area (TPSA) is 68.5 Å². The predicted molar refractivity (Wildman–Crippen MR) is 86.9 cm³/mol. The molecule has 122 valence electrons. The highest BCUT2D eigenvalue weighted by Crippen LogP contribution is 2.37. The first-order valence-corrected chi connectivity index (χ1v) is 8.05. The van der Waals surface area contributed by atoms with E-state index in [-0.39, 0.29) is 17.6 Å². The van der Waals surface area contributed by atoms with Crippen molar-refractivity contribution in [3.05, 3.63) is 23.9 Å². The number of phenols is 1. The third kappa shape index (κ3) is 2.83. The van der Waals surface area contributed by atoms with Crippen molar-refractivity contribution in [1.29, 1.82) is 0 Å². The van der Waals surface area contributed by atoms with Crippen LogP contribution in [0.3, 0.4) is 0 Å². The van der Waals surface area contributed by atoms with Gasteiger partial charge >= 0.3 is 5.97 Å². The number of hydrogen-bond donors (Lipinski definition) is 1. The normalized spacial score (nSPS) is 15.7. The van der Waals surface area contributed by atoms with Crippen molar-refractivity contribution >= 4 is 22.8 Å². The lowest BCUT2D eigenvalue weighted by molar-refractivity contribution is -0.131. The Labute approximate surface area is 134 Å². The van der Waals surface area contributed by atoms with Gasteiger partial charge in [0.05, 0.1) is 11.2 Å². The highest BCUT2D eigenvalue weighted by molar-refractivity contribution is 6.00. The van der Waals surface area contributed by atoms with E-state index in [4.69, 9.17) is 4.74 Å². The standard InChI is InChI=1S/C18H21NO4/c1-11-17(23-12(2)20)15-10-14(21)8-9-16(15)19(11)18(22)13-6-4-3-5-7-13/h8-10,13,21H,3-7H2,1-2H3. The first-order chi connectivity index (χ1) is 11.0. The zero-order valence-corrected chi connectivity index (χ0v) is 13.5. The molecule has 0 unspecified atom stereocenters. The largest absolute Gasteiger partial charge is 0.508 e. The molecule has 5 heteroatoms. The minimum Gasteiger partial charge on any atom is -0.508 e. The maximum atomic E-state index is 13.0. The van der Waals surface area contributed by atoms with Crippen LogP contribution in [0.15, 0.2) is 18.2 Å². The van der Waals surface area contributed by atoms with Gasteiger partial charge in [0.25, 0.3) is 0 Å². The first-order valence-electron chi connectivity index (χ1n) is 8.05. The van der Waals surface area contributed by atoms with Gasteiger partial charge in [-0.05, 0) is 38.0 Å². The van der Waals surface area contributed by atoms with E-state index in [2.05, 4.69) is 0 Å². The number of esters is 1. The van der Waals surface area contributed by atoms with Crippen LogP contribution < -0.4 is 4.74 Å². The third-order valence-electron chi connectivity index (χ3n) is 4.55. The minimum atomic E-state index is -0.444. The summed E-state index contributed by atoms with van der Waals surface area (Å²) in [7, 11) is 0. The molecule has 1 aromatic carbocycles. The molecule has 0 radical (unpaired) electrons. The van der Waals surface area contributed by atoms with Gasteiger partial charge < -0.3 is 9.84 Å². The lowest BCUT2D eigenvalue weighted by Crippen LogP contribution is -2.24. The zero-order valence-electron chi connectivity index (χ0n) is 13.5. The molecule has 1 aromatic heterocycles. The van der Waals surface area contributed by atoms with Crippen LogP contribution in [-0.4, -0.2) is 21.6 Å². The number of phenolic OH excluding ortho intramolecular Hbond substituents is 1. The SMILES string of the molecule is CC(=O)Oc1c(C)n(C(=O)C2CCCCC2)c2ccc(O)cc12. The Morgan fingerprint density at radius 2 is 1.91 bits per heavy atom. The van der Waals surface area contributed by atoms with E-state index in [0.29, 0.717) is 22.3 Å². The Morgan fingerprint density at radius 1 is 1.22 bits per heavy atom. The molecule has 2 aromatic rings. The summed E-state index contributed by atoms with van der Waals surface area (Å²) in [5.41, 5.74) is 1.28. The third-order valence-corrected chi connectivity index (χ3v) is 4.55. The van der Waals surface area contributed by atoms with Crippen LogP contribution in [0.1, 0.15) is 49.5 Å². The van der Waals surface area contributed by atoms with E-state index >= 15 is 0 Å². The number of ether oxygens (including phenoxy) is 1. The van der Waals surface area contributed by atoms with Gasteiger partial charge in [0.15, 0.2) is 5.75 Å². The molecule has 1 aliphatic rings. The molecule has 0 atom stereocenters. The number of hydrogen-bond acceptors (Lipinski definition) is 4.